The lowest BCUT2D eigenvalue weighted by Crippen LogP contribution is -2.12. The summed E-state index contributed by atoms with van der Waals surface area (Å²) < 4.78 is 5.54. The minimum absolute atomic E-state index is 0.442. The summed E-state index contributed by atoms with van der Waals surface area (Å²) in [5.41, 5.74) is 7.88. The van der Waals surface area contributed by atoms with Gasteiger partial charge in [0.2, 0.25) is 5.88 Å². The molecule has 21 heavy (non-hydrogen) atoms. The summed E-state index contributed by atoms with van der Waals surface area (Å²) in [6.07, 6.45) is 0.894. The molecule has 2 rings (SSSR count). The Hall–Kier alpha value is -2.74. The fourth-order valence-electron chi connectivity index (χ4n) is 1.86. The van der Waals surface area contributed by atoms with Crippen LogP contribution in [0, 0.1) is 11.3 Å². The van der Waals surface area contributed by atoms with Crippen LogP contribution in [0.1, 0.15) is 18.9 Å². The molecule has 0 aliphatic rings. The van der Waals surface area contributed by atoms with Gasteiger partial charge in [-0.15, -0.1) is 0 Å². The van der Waals surface area contributed by atoms with Gasteiger partial charge in [-0.2, -0.15) is 10.2 Å². The maximum atomic E-state index is 8.97. The van der Waals surface area contributed by atoms with E-state index in [0.717, 1.165) is 12.1 Å². The zero-order valence-electron chi connectivity index (χ0n) is 12.2. The van der Waals surface area contributed by atoms with Crippen LogP contribution in [-0.4, -0.2) is 18.6 Å². The van der Waals surface area contributed by atoms with Crippen molar-refractivity contribution in [2.75, 3.05) is 24.3 Å². The molecule has 0 fully saturated rings. The van der Waals surface area contributed by atoms with Crippen LogP contribution in [-0.2, 0) is 0 Å². The molecular weight excluding hydrogens is 264 g/mol. The van der Waals surface area contributed by atoms with E-state index in [1.54, 1.807) is 12.1 Å². The molecule has 1 aromatic carbocycles. The van der Waals surface area contributed by atoms with Crippen LogP contribution in [0.2, 0.25) is 0 Å². The number of benzene rings is 1. The van der Waals surface area contributed by atoms with Crippen LogP contribution >= 0.6 is 0 Å². The molecule has 0 bridgehead atoms. The Labute approximate surface area is 124 Å². The van der Waals surface area contributed by atoms with E-state index < -0.39 is 0 Å². The summed E-state index contributed by atoms with van der Waals surface area (Å²) in [6.45, 7) is 2.60. The van der Waals surface area contributed by atoms with Crippen molar-refractivity contribution in [1.29, 1.82) is 5.26 Å². The van der Waals surface area contributed by atoms with E-state index in [4.69, 9.17) is 15.7 Å². The van der Waals surface area contributed by atoms with Gasteiger partial charge in [0.25, 0.3) is 0 Å². The van der Waals surface area contributed by atoms with E-state index >= 15 is 0 Å². The van der Waals surface area contributed by atoms with Gasteiger partial charge in [-0.05, 0) is 36.8 Å². The van der Waals surface area contributed by atoms with E-state index in [2.05, 4.69) is 11.1 Å². The number of nitriles is 1. The van der Waals surface area contributed by atoms with Gasteiger partial charge >= 0.3 is 0 Å². The maximum absolute atomic E-state index is 8.97. The number of hydrogen-bond acceptors (Lipinski definition) is 5. The second kappa shape index (κ2) is 6.62. The number of nitrogens with two attached hydrogens (primary N) is 1. The summed E-state index contributed by atoms with van der Waals surface area (Å²) in [4.78, 5) is 6.33. The van der Waals surface area contributed by atoms with Crippen LogP contribution in [0.3, 0.4) is 0 Å². The molecule has 108 valence electrons. The number of nitrogens with zero attached hydrogens (tertiary/aromatic N) is 3. The van der Waals surface area contributed by atoms with Crippen molar-refractivity contribution in [3.63, 3.8) is 0 Å². The second-order valence-electron chi connectivity index (χ2n) is 4.63. The van der Waals surface area contributed by atoms with Crippen molar-refractivity contribution in [3.05, 3.63) is 42.0 Å². The van der Waals surface area contributed by atoms with Crippen LogP contribution < -0.4 is 15.4 Å². The largest absolute Gasteiger partial charge is 0.476 e. The SMILES string of the molecule is CCCOc1nc(N(C)c2cccc(C#N)c2)ccc1N. The molecule has 1 aromatic heterocycles. The summed E-state index contributed by atoms with van der Waals surface area (Å²) >= 11 is 0. The molecule has 0 atom stereocenters. The molecule has 5 heteroatoms. The van der Waals surface area contributed by atoms with Gasteiger partial charge in [0.05, 0.1) is 23.9 Å². The van der Waals surface area contributed by atoms with E-state index in [9.17, 15) is 0 Å². The molecule has 2 aromatic rings. The van der Waals surface area contributed by atoms with E-state index in [0.29, 0.717) is 29.6 Å². The monoisotopic (exact) mass is 282 g/mol. The lowest BCUT2D eigenvalue weighted by atomic mass is 10.2. The highest BCUT2D eigenvalue weighted by Crippen LogP contribution is 2.27. The molecule has 0 aliphatic carbocycles. The van der Waals surface area contributed by atoms with Gasteiger partial charge in [-0.25, -0.2) is 0 Å². The lowest BCUT2D eigenvalue weighted by molar-refractivity contribution is 0.307. The molecule has 0 amide bonds. The minimum Gasteiger partial charge on any atom is -0.476 e. The maximum Gasteiger partial charge on any atom is 0.239 e. The molecule has 0 saturated carbocycles. The predicted octanol–water partition coefficient (Wildman–Crippen LogP) is 3.09. The van der Waals surface area contributed by atoms with Crippen LogP contribution in [0.15, 0.2) is 36.4 Å². The van der Waals surface area contributed by atoms with Crippen molar-refractivity contribution in [2.45, 2.75) is 13.3 Å². The number of anilines is 3. The van der Waals surface area contributed by atoms with Gasteiger partial charge in [0.1, 0.15) is 5.82 Å². The summed E-state index contributed by atoms with van der Waals surface area (Å²) in [6, 6.07) is 13.1. The van der Waals surface area contributed by atoms with Crippen molar-refractivity contribution in [2.24, 2.45) is 0 Å². The Kier molecular flexibility index (Phi) is 4.62. The Bertz CT molecular complexity index is 664. The van der Waals surface area contributed by atoms with Gasteiger partial charge in [-0.3, -0.25) is 0 Å². The first kappa shape index (κ1) is 14.7. The van der Waals surface area contributed by atoms with Crippen LogP contribution in [0.25, 0.3) is 0 Å². The standard InChI is InChI=1S/C16H18N4O/c1-3-9-21-16-14(18)7-8-15(19-16)20(2)13-6-4-5-12(10-13)11-17/h4-8,10H,3,9,18H2,1-2H3. The zero-order chi connectivity index (χ0) is 15.2. The van der Waals surface area contributed by atoms with Gasteiger partial charge in [0, 0.05) is 12.7 Å². The predicted molar refractivity (Wildman–Crippen MR) is 83.7 cm³/mol. The summed E-state index contributed by atoms with van der Waals surface area (Å²) in [7, 11) is 1.89. The molecule has 0 radical (unpaired) electrons. The topological polar surface area (TPSA) is 75.2 Å². The number of rotatable bonds is 5. The highest BCUT2D eigenvalue weighted by molar-refractivity contribution is 5.64. The smallest absolute Gasteiger partial charge is 0.239 e. The van der Waals surface area contributed by atoms with Crippen molar-refractivity contribution < 1.29 is 4.74 Å². The Morgan fingerprint density at radius 3 is 2.86 bits per heavy atom. The van der Waals surface area contributed by atoms with E-state index in [1.807, 2.05) is 43.1 Å². The number of pyridine rings is 1. The molecule has 0 spiro atoms. The van der Waals surface area contributed by atoms with Crippen LogP contribution in [0.4, 0.5) is 17.2 Å². The fourth-order valence-corrected chi connectivity index (χ4v) is 1.86. The number of nitrogen functional groups attached to an aromatic ring is 1. The first-order valence-corrected chi connectivity index (χ1v) is 6.79. The van der Waals surface area contributed by atoms with Gasteiger partial charge < -0.3 is 15.4 Å². The number of aromatic nitrogens is 1. The number of ether oxygens (including phenoxy) is 1. The van der Waals surface area contributed by atoms with Crippen molar-refractivity contribution in [3.8, 4) is 11.9 Å². The number of hydrogen-bond donors (Lipinski definition) is 1. The van der Waals surface area contributed by atoms with Crippen LogP contribution in [0.5, 0.6) is 5.88 Å². The van der Waals surface area contributed by atoms with Gasteiger partial charge in [0.15, 0.2) is 0 Å². The highest BCUT2D eigenvalue weighted by atomic mass is 16.5. The molecular formula is C16H18N4O. The third-order valence-corrected chi connectivity index (χ3v) is 3.02. The quantitative estimate of drug-likeness (QED) is 0.912. The third-order valence-electron chi connectivity index (χ3n) is 3.02. The first-order chi connectivity index (χ1) is 10.2. The second-order valence-corrected chi connectivity index (χ2v) is 4.63. The Balaban J connectivity index is 2.30. The molecule has 2 N–H and O–H groups in total. The Morgan fingerprint density at radius 1 is 1.33 bits per heavy atom. The molecule has 1 heterocycles. The summed E-state index contributed by atoms with van der Waals surface area (Å²) in [5.74, 6) is 1.16. The van der Waals surface area contributed by atoms with Crippen molar-refractivity contribution in [1.82, 2.24) is 4.98 Å². The van der Waals surface area contributed by atoms with E-state index in [-0.39, 0.29) is 0 Å². The fraction of sp³-hybridized carbons (Fsp3) is 0.250. The summed E-state index contributed by atoms with van der Waals surface area (Å²) in [5, 5.41) is 8.97. The minimum atomic E-state index is 0.442. The molecule has 0 unspecified atom stereocenters. The Morgan fingerprint density at radius 2 is 2.14 bits per heavy atom. The van der Waals surface area contributed by atoms with Gasteiger partial charge in [-0.1, -0.05) is 13.0 Å². The zero-order valence-corrected chi connectivity index (χ0v) is 12.2. The average molecular weight is 282 g/mol. The first-order valence-electron chi connectivity index (χ1n) is 6.79. The lowest BCUT2D eigenvalue weighted by Gasteiger charge is -2.19. The molecule has 0 saturated heterocycles. The van der Waals surface area contributed by atoms with E-state index in [1.165, 1.54) is 0 Å². The normalized spacial score (nSPS) is 9.95. The molecule has 5 nitrogen and oxygen atoms in total. The third kappa shape index (κ3) is 3.42. The highest BCUT2D eigenvalue weighted by Gasteiger charge is 2.10. The molecule has 0 aliphatic heterocycles. The average Bonchev–Trinajstić information content (AvgIpc) is 2.53. The van der Waals surface area contributed by atoms with Crippen molar-refractivity contribution >= 4 is 17.2 Å².